The van der Waals surface area contributed by atoms with Gasteiger partial charge in [0.1, 0.15) is 11.9 Å². The van der Waals surface area contributed by atoms with Crippen molar-refractivity contribution in [2.45, 2.75) is 51.7 Å². The van der Waals surface area contributed by atoms with Crippen molar-refractivity contribution in [1.29, 1.82) is 0 Å². The number of rotatable bonds is 8. The summed E-state index contributed by atoms with van der Waals surface area (Å²) in [7, 11) is 1.75. The van der Waals surface area contributed by atoms with Crippen molar-refractivity contribution in [2.24, 2.45) is 0 Å². The van der Waals surface area contributed by atoms with Crippen LogP contribution < -0.4 is 10.1 Å². The van der Waals surface area contributed by atoms with Crippen molar-refractivity contribution in [3.63, 3.8) is 0 Å². The summed E-state index contributed by atoms with van der Waals surface area (Å²) >= 11 is 0. The molecule has 3 heteroatoms. The van der Waals surface area contributed by atoms with Gasteiger partial charge in [-0.3, -0.25) is 0 Å². The molecule has 1 aromatic rings. The monoisotopic (exact) mass is 277 g/mol. The van der Waals surface area contributed by atoms with Gasteiger partial charge in [0, 0.05) is 12.7 Å². The Morgan fingerprint density at radius 3 is 2.80 bits per heavy atom. The van der Waals surface area contributed by atoms with Crippen LogP contribution in [0.1, 0.15) is 50.3 Å². The Balaban J connectivity index is 2.16. The molecule has 1 aliphatic heterocycles. The first-order valence-corrected chi connectivity index (χ1v) is 7.82. The van der Waals surface area contributed by atoms with Crippen LogP contribution in [-0.2, 0) is 11.2 Å². The molecule has 1 heterocycles. The molecule has 2 rings (SSSR count). The van der Waals surface area contributed by atoms with Crippen LogP contribution in [0.4, 0.5) is 0 Å². The predicted molar refractivity (Wildman–Crippen MR) is 82.4 cm³/mol. The second kappa shape index (κ2) is 7.65. The number of ether oxygens (including phenoxy) is 2. The number of benzene rings is 1. The van der Waals surface area contributed by atoms with Crippen LogP contribution in [0.2, 0.25) is 0 Å². The van der Waals surface area contributed by atoms with Gasteiger partial charge in [-0.05, 0) is 37.4 Å². The lowest BCUT2D eigenvalue weighted by Gasteiger charge is -2.19. The number of hydrogen-bond donors (Lipinski definition) is 1. The van der Waals surface area contributed by atoms with Gasteiger partial charge in [-0.1, -0.05) is 32.4 Å². The molecule has 112 valence electrons. The topological polar surface area (TPSA) is 30.5 Å². The van der Waals surface area contributed by atoms with Gasteiger partial charge in [0.15, 0.2) is 0 Å². The molecule has 0 aliphatic carbocycles. The average Bonchev–Trinajstić information content (AvgIpc) is 2.80. The fourth-order valence-corrected chi connectivity index (χ4v) is 2.81. The highest BCUT2D eigenvalue weighted by Crippen LogP contribution is 2.39. The van der Waals surface area contributed by atoms with E-state index < -0.39 is 0 Å². The first-order valence-electron chi connectivity index (χ1n) is 7.82. The van der Waals surface area contributed by atoms with E-state index in [0.29, 0.717) is 6.04 Å². The number of methoxy groups -OCH3 is 1. The quantitative estimate of drug-likeness (QED) is 0.789. The van der Waals surface area contributed by atoms with E-state index in [1.54, 1.807) is 7.11 Å². The zero-order chi connectivity index (χ0) is 14.4. The molecule has 0 saturated carbocycles. The summed E-state index contributed by atoms with van der Waals surface area (Å²) in [6.07, 6.45) is 4.64. The minimum Gasteiger partial charge on any atom is -0.488 e. The number of fused-ring (bicyclic) bond motifs is 1. The SMILES string of the molecule is CCCNC1c2cc(CCOC)ccc2OC1CCC. The molecule has 20 heavy (non-hydrogen) atoms. The molecular formula is C17H27NO2. The zero-order valence-corrected chi connectivity index (χ0v) is 12.9. The van der Waals surface area contributed by atoms with Gasteiger partial charge in [0.25, 0.3) is 0 Å². The Morgan fingerprint density at radius 1 is 1.25 bits per heavy atom. The Kier molecular flexibility index (Phi) is 5.86. The van der Waals surface area contributed by atoms with Crippen molar-refractivity contribution in [1.82, 2.24) is 5.32 Å². The maximum Gasteiger partial charge on any atom is 0.124 e. The predicted octanol–water partition coefficient (Wildman–Crippen LogP) is 3.48. The van der Waals surface area contributed by atoms with Gasteiger partial charge in [-0.25, -0.2) is 0 Å². The summed E-state index contributed by atoms with van der Waals surface area (Å²) in [4.78, 5) is 0. The highest BCUT2D eigenvalue weighted by molar-refractivity contribution is 5.43. The summed E-state index contributed by atoms with van der Waals surface area (Å²) < 4.78 is 11.3. The van der Waals surface area contributed by atoms with E-state index in [1.807, 2.05) is 0 Å². The van der Waals surface area contributed by atoms with Crippen molar-refractivity contribution < 1.29 is 9.47 Å². The Hall–Kier alpha value is -1.06. The summed E-state index contributed by atoms with van der Waals surface area (Å²) in [6.45, 7) is 6.22. The Labute approximate surface area is 122 Å². The van der Waals surface area contributed by atoms with Crippen molar-refractivity contribution in [3.05, 3.63) is 29.3 Å². The normalized spacial score (nSPS) is 20.8. The highest BCUT2D eigenvalue weighted by atomic mass is 16.5. The smallest absolute Gasteiger partial charge is 0.124 e. The second-order valence-corrected chi connectivity index (χ2v) is 5.49. The molecule has 0 saturated heterocycles. The molecule has 0 aromatic heterocycles. The minimum atomic E-state index is 0.277. The van der Waals surface area contributed by atoms with Gasteiger partial charge in [0.05, 0.1) is 12.6 Å². The van der Waals surface area contributed by atoms with Gasteiger partial charge in [-0.15, -0.1) is 0 Å². The van der Waals surface area contributed by atoms with Crippen LogP contribution >= 0.6 is 0 Å². The molecule has 1 aliphatic rings. The van der Waals surface area contributed by atoms with Gasteiger partial charge in [0.2, 0.25) is 0 Å². The fourth-order valence-electron chi connectivity index (χ4n) is 2.81. The molecule has 0 fully saturated rings. The lowest BCUT2D eigenvalue weighted by Crippen LogP contribution is -2.31. The molecule has 0 radical (unpaired) electrons. The maximum absolute atomic E-state index is 6.12. The summed E-state index contributed by atoms with van der Waals surface area (Å²) in [5.41, 5.74) is 2.65. The lowest BCUT2D eigenvalue weighted by molar-refractivity contribution is 0.178. The van der Waals surface area contributed by atoms with E-state index in [0.717, 1.165) is 44.6 Å². The molecule has 2 atom stereocenters. The summed E-state index contributed by atoms with van der Waals surface area (Å²) in [5.74, 6) is 1.05. The van der Waals surface area contributed by atoms with E-state index in [1.165, 1.54) is 11.1 Å². The van der Waals surface area contributed by atoms with Crippen LogP contribution in [0, 0.1) is 0 Å². The van der Waals surface area contributed by atoms with Crippen molar-refractivity contribution >= 4 is 0 Å². The van der Waals surface area contributed by atoms with E-state index in [2.05, 4.69) is 37.4 Å². The van der Waals surface area contributed by atoms with Crippen LogP contribution in [0.25, 0.3) is 0 Å². The minimum absolute atomic E-state index is 0.277. The summed E-state index contributed by atoms with van der Waals surface area (Å²) in [5, 5.41) is 3.65. The molecule has 1 aromatic carbocycles. The third-order valence-electron chi connectivity index (χ3n) is 3.84. The first-order chi connectivity index (χ1) is 9.80. The average molecular weight is 277 g/mol. The van der Waals surface area contributed by atoms with Crippen LogP contribution in [0.15, 0.2) is 18.2 Å². The zero-order valence-electron chi connectivity index (χ0n) is 12.9. The summed E-state index contributed by atoms with van der Waals surface area (Å²) in [6, 6.07) is 6.91. The molecule has 3 nitrogen and oxygen atoms in total. The third-order valence-corrected chi connectivity index (χ3v) is 3.84. The molecule has 0 spiro atoms. The van der Waals surface area contributed by atoms with Crippen LogP contribution in [0.5, 0.6) is 5.75 Å². The van der Waals surface area contributed by atoms with Crippen LogP contribution in [-0.4, -0.2) is 26.4 Å². The number of nitrogens with one attached hydrogen (secondary N) is 1. The van der Waals surface area contributed by atoms with Crippen LogP contribution in [0.3, 0.4) is 0 Å². The Bertz CT molecular complexity index is 419. The van der Waals surface area contributed by atoms with Gasteiger partial charge >= 0.3 is 0 Å². The third kappa shape index (κ3) is 3.53. The Morgan fingerprint density at radius 2 is 2.10 bits per heavy atom. The standard InChI is InChI=1S/C17H27NO2/c1-4-6-16-17(18-10-5-2)14-12-13(9-11-19-3)7-8-15(14)20-16/h7-8,12,16-18H,4-6,9-11H2,1-3H3. The molecule has 2 unspecified atom stereocenters. The number of hydrogen-bond acceptors (Lipinski definition) is 3. The molecule has 1 N–H and O–H groups in total. The maximum atomic E-state index is 6.12. The molecular weight excluding hydrogens is 250 g/mol. The highest BCUT2D eigenvalue weighted by Gasteiger charge is 2.33. The van der Waals surface area contributed by atoms with Gasteiger partial charge < -0.3 is 14.8 Å². The second-order valence-electron chi connectivity index (χ2n) is 5.49. The van der Waals surface area contributed by atoms with E-state index in [4.69, 9.17) is 9.47 Å². The van der Waals surface area contributed by atoms with E-state index in [-0.39, 0.29) is 6.10 Å². The molecule has 0 amide bonds. The van der Waals surface area contributed by atoms with Crippen molar-refractivity contribution in [2.75, 3.05) is 20.3 Å². The van der Waals surface area contributed by atoms with E-state index in [9.17, 15) is 0 Å². The van der Waals surface area contributed by atoms with E-state index >= 15 is 0 Å². The largest absolute Gasteiger partial charge is 0.488 e. The van der Waals surface area contributed by atoms with Gasteiger partial charge in [-0.2, -0.15) is 0 Å². The fraction of sp³-hybridized carbons (Fsp3) is 0.647. The van der Waals surface area contributed by atoms with Crippen molar-refractivity contribution in [3.8, 4) is 5.75 Å². The lowest BCUT2D eigenvalue weighted by atomic mass is 9.98. The molecule has 0 bridgehead atoms. The first kappa shape index (κ1) is 15.3.